The first-order valence-electron chi connectivity index (χ1n) is 7.63. The largest absolute Gasteiger partial charge is 0.354 e. The van der Waals surface area contributed by atoms with Crippen LogP contribution in [0.1, 0.15) is 27.2 Å². The van der Waals surface area contributed by atoms with Gasteiger partial charge >= 0.3 is 0 Å². The topological polar surface area (TPSA) is 61.4 Å². The predicted octanol–water partition coefficient (Wildman–Crippen LogP) is 1.60. The summed E-state index contributed by atoms with van der Waals surface area (Å²) in [6.45, 7) is 10.1. The predicted molar refractivity (Wildman–Crippen MR) is 84.4 cm³/mol. The molecule has 21 heavy (non-hydrogen) atoms. The van der Waals surface area contributed by atoms with Crippen molar-refractivity contribution in [3.05, 3.63) is 12.3 Å². The first-order valence-corrected chi connectivity index (χ1v) is 7.63. The summed E-state index contributed by atoms with van der Waals surface area (Å²) < 4.78 is 0. The maximum Gasteiger partial charge on any atom is 0.224 e. The number of nitrogens with one attached hydrogen (secondary N) is 1. The van der Waals surface area contributed by atoms with E-state index in [1.807, 2.05) is 11.0 Å². The lowest BCUT2D eigenvalue weighted by molar-refractivity contribution is -0.129. The van der Waals surface area contributed by atoms with Gasteiger partial charge in [0.2, 0.25) is 11.9 Å². The Bertz CT molecular complexity index is 469. The normalized spacial score (nSPS) is 15.4. The zero-order valence-electron chi connectivity index (χ0n) is 13.2. The number of carbonyl (C=O) groups excluding carboxylic acids is 1. The van der Waals surface area contributed by atoms with Crippen molar-refractivity contribution < 1.29 is 4.79 Å². The van der Waals surface area contributed by atoms with Crippen molar-refractivity contribution in [1.82, 2.24) is 14.9 Å². The molecule has 0 radical (unpaired) electrons. The number of anilines is 2. The van der Waals surface area contributed by atoms with Crippen LogP contribution in [0.4, 0.5) is 11.8 Å². The van der Waals surface area contributed by atoms with E-state index < -0.39 is 0 Å². The van der Waals surface area contributed by atoms with Crippen LogP contribution in [0.3, 0.4) is 0 Å². The average Bonchev–Trinajstić information content (AvgIpc) is 2.47. The van der Waals surface area contributed by atoms with Crippen molar-refractivity contribution >= 4 is 17.7 Å². The van der Waals surface area contributed by atoms with Crippen LogP contribution in [-0.4, -0.2) is 53.5 Å². The molecule has 2 rings (SSSR count). The van der Waals surface area contributed by atoms with Crippen molar-refractivity contribution in [1.29, 1.82) is 0 Å². The van der Waals surface area contributed by atoms with Gasteiger partial charge in [0, 0.05) is 45.8 Å². The summed E-state index contributed by atoms with van der Waals surface area (Å²) in [6.07, 6.45) is 2.89. The molecule has 0 atom stereocenters. The molecule has 6 nitrogen and oxygen atoms in total. The third kappa shape index (κ3) is 4.58. The monoisotopic (exact) mass is 291 g/mol. The van der Waals surface area contributed by atoms with E-state index in [0.29, 0.717) is 11.9 Å². The number of hydrogen-bond donors (Lipinski definition) is 1. The summed E-state index contributed by atoms with van der Waals surface area (Å²) in [6, 6.07) is 1.93. The highest BCUT2D eigenvalue weighted by atomic mass is 16.2. The fourth-order valence-corrected chi connectivity index (χ4v) is 2.33. The average molecular weight is 291 g/mol. The minimum atomic E-state index is 0.147. The van der Waals surface area contributed by atoms with Gasteiger partial charge in [-0.25, -0.2) is 4.98 Å². The summed E-state index contributed by atoms with van der Waals surface area (Å²) >= 11 is 0. The van der Waals surface area contributed by atoms with Gasteiger partial charge in [-0.05, 0) is 18.4 Å². The molecule has 1 aromatic heterocycles. The lowest BCUT2D eigenvalue weighted by Crippen LogP contribution is -2.48. The molecule has 1 amide bonds. The van der Waals surface area contributed by atoms with E-state index in [4.69, 9.17) is 0 Å². The van der Waals surface area contributed by atoms with Gasteiger partial charge < -0.3 is 15.1 Å². The van der Waals surface area contributed by atoms with Gasteiger partial charge in [0.25, 0.3) is 0 Å². The Balaban J connectivity index is 1.90. The van der Waals surface area contributed by atoms with Crippen LogP contribution in [-0.2, 0) is 4.79 Å². The molecule has 2 heterocycles. The molecule has 0 spiro atoms. The SMILES string of the molecule is CC(=O)N1CCN(c2ccnc(NCCC(C)C)n2)CC1. The van der Waals surface area contributed by atoms with E-state index in [9.17, 15) is 4.79 Å². The van der Waals surface area contributed by atoms with Gasteiger partial charge in [-0.3, -0.25) is 4.79 Å². The van der Waals surface area contributed by atoms with Crippen molar-refractivity contribution in [3.8, 4) is 0 Å². The molecule has 1 saturated heterocycles. The summed E-state index contributed by atoms with van der Waals surface area (Å²) in [5, 5.41) is 3.27. The number of carbonyl (C=O) groups is 1. The van der Waals surface area contributed by atoms with Gasteiger partial charge in [-0.1, -0.05) is 13.8 Å². The van der Waals surface area contributed by atoms with Gasteiger partial charge in [0.15, 0.2) is 0 Å². The highest BCUT2D eigenvalue weighted by molar-refractivity contribution is 5.73. The quantitative estimate of drug-likeness (QED) is 0.893. The fourth-order valence-electron chi connectivity index (χ4n) is 2.33. The highest BCUT2D eigenvalue weighted by Crippen LogP contribution is 2.15. The number of amides is 1. The number of aromatic nitrogens is 2. The zero-order valence-corrected chi connectivity index (χ0v) is 13.2. The zero-order chi connectivity index (χ0) is 15.2. The Hall–Kier alpha value is -1.85. The van der Waals surface area contributed by atoms with Gasteiger partial charge in [0.05, 0.1) is 0 Å². The molecule has 1 aromatic rings. The molecular weight excluding hydrogens is 266 g/mol. The first kappa shape index (κ1) is 15.5. The number of piperazine rings is 1. The molecule has 1 N–H and O–H groups in total. The summed E-state index contributed by atoms with van der Waals surface area (Å²) in [5.74, 6) is 2.43. The Morgan fingerprint density at radius 1 is 1.33 bits per heavy atom. The lowest BCUT2D eigenvalue weighted by Gasteiger charge is -2.34. The standard InChI is InChI=1S/C15H25N5O/c1-12(2)4-6-16-15-17-7-5-14(18-15)20-10-8-19(9-11-20)13(3)21/h5,7,12H,4,6,8-11H2,1-3H3,(H,16,17,18). The Morgan fingerprint density at radius 2 is 2.05 bits per heavy atom. The van der Waals surface area contributed by atoms with E-state index >= 15 is 0 Å². The molecule has 0 bridgehead atoms. The van der Waals surface area contributed by atoms with E-state index in [2.05, 4.69) is 34.0 Å². The minimum Gasteiger partial charge on any atom is -0.354 e. The first-order chi connectivity index (χ1) is 10.1. The second kappa shape index (κ2) is 7.24. The van der Waals surface area contributed by atoms with E-state index in [1.54, 1.807) is 13.1 Å². The number of hydrogen-bond acceptors (Lipinski definition) is 5. The van der Waals surface area contributed by atoms with Crippen LogP contribution in [0.2, 0.25) is 0 Å². The van der Waals surface area contributed by atoms with Crippen LogP contribution in [0.25, 0.3) is 0 Å². The Kier molecular flexibility index (Phi) is 5.36. The molecule has 6 heteroatoms. The van der Waals surface area contributed by atoms with Crippen molar-refractivity contribution in [2.45, 2.75) is 27.2 Å². The van der Waals surface area contributed by atoms with Crippen molar-refractivity contribution in [2.24, 2.45) is 5.92 Å². The second-order valence-electron chi connectivity index (χ2n) is 5.84. The third-order valence-electron chi connectivity index (χ3n) is 3.69. The van der Waals surface area contributed by atoms with E-state index in [0.717, 1.165) is 45.0 Å². The van der Waals surface area contributed by atoms with Gasteiger partial charge in [-0.2, -0.15) is 4.98 Å². The summed E-state index contributed by atoms with van der Waals surface area (Å²) in [4.78, 5) is 24.2. The lowest BCUT2D eigenvalue weighted by atomic mass is 10.1. The molecular formula is C15H25N5O. The maximum absolute atomic E-state index is 11.3. The molecule has 0 unspecified atom stereocenters. The molecule has 0 aromatic carbocycles. The fraction of sp³-hybridized carbons (Fsp3) is 0.667. The highest BCUT2D eigenvalue weighted by Gasteiger charge is 2.19. The van der Waals surface area contributed by atoms with Crippen molar-refractivity contribution in [3.63, 3.8) is 0 Å². The smallest absolute Gasteiger partial charge is 0.224 e. The molecule has 1 aliphatic heterocycles. The van der Waals surface area contributed by atoms with E-state index in [1.165, 1.54) is 0 Å². The van der Waals surface area contributed by atoms with Crippen molar-refractivity contribution in [2.75, 3.05) is 42.9 Å². The molecule has 0 saturated carbocycles. The van der Waals surface area contributed by atoms with Crippen LogP contribution >= 0.6 is 0 Å². The molecule has 0 aliphatic carbocycles. The number of nitrogens with zero attached hydrogens (tertiary/aromatic N) is 4. The summed E-state index contributed by atoms with van der Waals surface area (Å²) in [5.41, 5.74) is 0. The Labute approximate surface area is 126 Å². The maximum atomic E-state index is 11.3. The molecule has 1 aliphatic rings. The van der Waals surface area contributed by atoms with Gasteiger partial charge in [0.1, 0.15) is 5.82 Å². The van der Waals surface area contributed by atoms with Crippen LogP contribution in [0.15, 0.2) is 12.3 Å². The molecule has 116 valence electrons. The number of rotatable bonds is 5. The van der Waals surface area contributed by atoms with Crippen LogP contribution in [0, 0.1) is 5.92 Å². The van der Waals surface area contributed by atoms with Crippen LogP contribution in [0.5, 0.6) is 0 Å². The van der Waals surface area contributed by atoms with Gasteiger partial charge in [-0.15, -0.1) is 0 Å². The van der Waals surface area contributed by atoms with Crippen LogP contribution < -0.4 is 10.2 Å². The third-order valence-corrected chi connectivity index (χ3v) is 3.69. The summed E-state index contributed by atoms with van der Waals surface area (Å²) in [7, 11) is 0. The Morgan fingerprint density at radius 3 is 2.67 bits per heavy atom. The molecule has 1 fully saturated rings. The second-order valence-corrected chi connectivity index (χ2v) is 5.84. The van der Waals surface area contributed by atoms with E-state index in [-0.39, 0.29) is 5.91 Å². The minimum absolute atomic E-state index is 0.147.